The maximum atomic E-state index is 14.9. The molecule has 0 aliphatic carbocycles. The number of carbonyl (C=O) groups excluding carboxylic acids is 1. The number of carbonyl (C=O) groups is 1. The monoisotopic (exact) mass is 522 g/mol. The topological polar surface area (TPSA) is 104 Å². The Bertz CT molecular complexity index is 1450. The minimum absolute atomic E-state index is 0.0124. The Morgan fingerprint density at radius 2 is 1.66 bits per heavy atom. The van der Waals surface area contributed by atoms with Gasteiger partial charge in [-0.25, -0.2) is 8.78 Å². The van der Waals surface area contributed by atoms with Crippen molar-refractivity contribution in [3.05, 3.63) is 59.8 Å². The van der Waals surface area contributed by atoms with Crippen molar-refractivity contribution in [2.24, 2.45) is 0 Å². The second-order valence-electron chi connectivity index (χ2n) is 9.35. The molecule has 1 aliphatic rings. The number of rotatable bonds is 6. The number of hydrogen-bond acceptors (Lipinski definition) is 7. The first-order chi connectivity index (χ1) is 18.3. The summed E-state index contributed by atoms with van der Waals surface area (Å²) >= 11 is 0. The van der Waals surface area contributed by atoms with E-state index in [1.807, 2.05) is 12.1 Å². The molecule has 5 rings (SSSR count). The highest BCUT2D eigenvalue weighted by Crippen LogP contribution is 2.37. The smallest absolute Gasteiger partial charge is 0.256 e. The molecular formula is C27H28F2N6O3. The van der Waals surface area contributed by atoms with Crippen LogP contribution in [0, 0.1) is 11.6 Å². The number of nitrogens with one attached hydrogen (secondary N) is 3. The number of hydrogen-bond donors (Lipinski definition) is 3. The summed E-state index contributed by atoms with van der Waals surface area (Å²) in [6, 6.07) is 10.7. The molecule has 0 unspecified atom stereocenters. The van der Waals surface area contributed by atoms with Crippen molar-refractivity contribution in [3.63, 3.8) is 0 Å². The van der Waals surface area contributed by atoms with Gasteiger partial charge in [0, 0.05) is 48.7 Å². The summed E-state index contributed by atoms with van der Waals surface area (Å²) in [4.78, 5) is 19.4. The zero-order valence-corrected chi connectivity index (χ0v) is 21.4. The third kappa shape index (κ3) is 4.72. The van der Waals surface area contributed by atoms with E-state index in [0.717, 1.165) is 24.8 Å². The number of aromatic amines is 1. The zero-order valence-electron chi connectivity index (χ0n) is 21.4. The fourth-order valence-corrected chi connectivity index (χ4v) is 4.80. The molecule has 0 bridgehead atoms. The van der Waals surface area contributed by atoms with Gasteiger partial charge < -0.3 is 25.0 Å². The van der Waals surface area contributed by atoms with E-state index in [4.69, 9.17) is 9.47 Å². The van der Waals surface area contributed by atoms with Crippen LogP contribution in [0.2, 0.25) is 0 Å². The molecule has 1 saturated heterocycles. The molecule has 11 heteroatoms. The second kappa shape index (κ2) is 10.3. The molecule has 38 heavy (non-hydrogen) atoms. The number of anilines is 2. The molecule has 2 aromatic heterocycles. The quantitative estimate of drug-likeness (QED) is 0.346. The molecule has 9 nitrogen and oxygen atoms in total. The highest BCUT2D eigenvalue weighted by molar-refractivity contribution is 6.08. The number of benzene rings is 2. The molecule has 3 heterocycles. The molecule has 3 N–H and O–H groups in total. The number of amides is 1. The lowest BCUT2D eigenvalue weighted by atomic mass is 10.1. The molecule has 2 atom stereocenters. The van der Waals surface area contributed by atoms with Gasteiger partial charge in [-0.3, -0.25) is 14.9 Å². The van der Waals surface area contributed by atoms with Crippen LogP contribution in [0.4, 0.5) is 20.3 Å². The van der Waals surface area contributed by atoms with Crippen molar-refractivity contribution < 1.29 is 23.0 Å². The summed E-state index contributed by atoms with van der Waals surface area (Å²) in [5.74, 6) is -2.25. The van der Waals surface area contributed by atoms with E-state index in [-0.39, 0.29) is 28.9 Å². The van der Waals surface area contributed by atoms with Crippen LogP contribution in [0.15, 0.2) is 42.6 Å². The predicted molar refractivity (Wildman–Crippen MR) is 141 cm³/mol. The Morgan fingerprint density at radius 3 is 2.26 bits per heavy atom. The van der Waals surface area contributed by atoms with E-state index < -0.39 is 17.2 Å². The highest BCUT2D eigenvalue weighted by Gasteiger charge is 2.24. The van der Waals surface area contributed by atoms with Crippen molar-refractivity contribution >= 4 is 28.3 Å². The number of halogens is 2. The van der Waals surface area contributed by atoms with E-state index in [9.17, 15) is 13.6 Å². The molecule has 2 aromatic carbocycles. The Kier molecular flexibility index (Phi) is 6.85. The van der Waals surface area contributed by atoms with E-state index in [0.29, 0.717) is 28.6 Å². The third-order valence-electron chi connectivity index (χ3n) is 6.56. The number of aromatic nitrogens is 3. The molecule has 0 spiro atoms. The molecule has 4 aromatic rings. The van der Waals surface area contributed by atoms with Gasteiger partial charge in [-0.05, 0) is 44.2 Å². The number of nitrogens with zero attached hydrogens (tertiary/aromatic N) is 3. The summed E-state index contributed by atoms with van der Waals surface area (Å²) in [5.41, 5.74) is 1.58. The molecule has 1 amide bonds. The van der Waals surface area contributed by atoms with E-state index in [1.54, 1.807) is 12.1 Å². The molecular weight excluding hydrogens is 494 g/mol. The van der Waals surface area contributed by atoms with Crippen molar-refractivity contribution in [2.45, 2.75) is 25.9 Å². The van der Waals surface area contributed by atoms with Crippen molar-refractivity contribution in [3.8, 4) is 22.8 Å². The fraction of sp³-hybridized carbons (Fsp3) is 0.296. The van der Waals surface area contributed by atoms with Crippen LogP contribution in [0.3, 0.4) is 0 Å². The number of fused-ring (bicyclic) bond motifs is 1. The maximum absolute atomic E-state index is 14.9. The SMILES string of the molecule is COc1cc(OC)c(F)c(-c2cc3[nH]nc(NC(=O)c4ccc(N5C[C@@H](C)N[C@@H](C)C5)cc4)c3cn2)c1F. The van der Waals surface area contributed by atoms with Gasteiger partial charge in [-0.1, -0.05) is 0 Å². The maximum Gasteiger partial charge on any atom is 0.256 e. The summed E-state index contributed by atoms with van der Waals surface area (Å²) in [6.07, 6.45) is 1.39. The Hall–Kier alpha value is -4.25. The average Bonchev–Trinajstić information content (AvgIpc) is 3.30. The fourth-order valence-electron chi connectivity index (χ4n) is 4.80. The number of ether oxygens (including phenoxy) is 2. The number of H-pyrrole nitrogens is 1. The summed E-state index contributed by atoms with van der Waals surface area (Å²) in [6.45, 7) is 6.08. The van der Waals surface area contributed by atoms with Crippen molar-refractivity contribution in [2.75, 3.05) is 37.5 Å². The first-order valence-electron chi connectivity index (χ1n) is 12.2. The number of pyridine rings is 1. The summed E-state index contributed by atoms with van der Waals surface area (Å²) in [5, 5.41) is 13.7. The van der Waals surface area contributed by atoms with Crippen LogP contribution >= 0.6 is 0 Å². The lowest BCUT2D eigenvalue weighted by Crippen LogP contribution is -2.54. The first-order valence-corrected chi connectivity index (χ1v) is 12.2. The van der Waals surface area contributed by atoms with Gasteiger partial charge in [0.05, 0.1) is 36.4 Å². The van der Waals surface area contributed by atoms with E-state index >= 15 is 0 Å². The minimum Gasteiger partial charge on any atom is -0.494 e. The standard InChI is InChI=1S/C27H28F2N6O3/c1-14-12-35(13-15(2)31-14)17-7-5-16(6-8-17)27(36)32-26-18-11-30-20(9-19(18)33-34-26)23-24(28)21(37-3)10-22(38-4)25(23)29/h5-11,14-15,31H,12-13H2,1-4H3,(H2,32,33,34,36)/t14-,15+. The van der Waals surface area contributed by atoms with Crippen molar-refractivity contribution in [1.82, 2.24) is 20.5 Å². The number of piperazine rings is 1. The predicted octanol–water partition coefficient (Wildman–Crippen LogP) is 4.36. The Labute approximate surface area is 218 Å². The average molecular weight is 523 g/mol. The Balaban J connectivity index is 1.37. The molecule has 1 aliphatic heterocycles. The van der Waals surface area contributed by atoms with Crippen LogP contribution in [-0.4, -0.2) is 60.5 Å². The third-order valence-corrected chi connectivity index (χ3v) is 6.56. The van der Waals surface area contributed by atoms with Crippen LogP contribution in [0.1, 0.15) is 24.2 Å². The summed E-state index contributed by atoms with van der Waals surface area (Å²) < 4.78 is 39.9. The second-order valence-corrected chi connectivity index (χ2v) is 9.35. The van der Waals surface area contributed by atoms with Crippen LogP contribution in [0.25, 0.3) is 22.2 Å². The Morgan fingerprint density at radius 1 is 1.03 bits per heavy atom. The normalized spacial score (nSPS) is 17.5. The van der Waals surface area contributed by atoms with Gasteiger partial charge in [-0.2, -0.15) is 5.10 Å². The number of methoxy groups -OCH3 is 2. The van der Waals surface area contributed by atoms with E-state index in [1.165, 1.54) is 26.5 Å². The lowest BCUT2D eigenvalue weighted by molar-refractivity contribution is 0.102. The van der Waals surface area contributed by atoms with Crippen LogP contribution < -0.4 is 25.0 Å². The van der Waals surface area contributed by atoms with Gasteiger partial charge in [-0.15, -0.1) is 0 Å². The van der Waals surface area contributed by atoms with Crippen molar-refractivity contribution in [1.29, 1.82) is 0 Å². The van der Waals surface area contributed by atoms with Crippen LogP contribution in [0.5, 0.6) is 11.5 Å². The van der Waals surface area contributed by atoms with Gasteiger partial charge >= 0.3 is 0 Å². The highest BCUT2D eigenvalue weighted by atomic mass is 19.1. The lowest BCUT2D eigenvalue weighted by Gasteiger charge is -2.37. The zero-order chi connectivity index (χ0) is 27.0. The largest absolute Gasteiger partial charge is 0.494 e. The molecule has 0 saturated carbocycles. The molecule has 198 valence electrons. The van der Waals surface area contributed by atoms with Gasteiger partial charge in [0.2, 0.25) is 0 Å². The minimum atomic E-state index is -0.904. The van der Waals surface area contributed by atoms with Gasteiger partial charge in [0.25, 0.3) is 5.91 Å². The van der Waals surface area contributed by atoms with Crippen LogP contribution in [-0.2, 0) is 0 Å². The first kappa shape index (κ1) is 25.4. The van der Waals surface area contributed by atoms with Gasteiger partial charge in [0.1, 0.15) is 0 Å². The van der Waals surface area contributed by atoms with Gasteiger partial charge in [0.15, 0.2) is 29.0 Å². The summed E-state index contributed by atoms with van der Waals surface area (Å²) in [7, 11) is 2.55. The molecule has 1 fully saturated rings. The molecule has 0 radical (unpaired) electrons. The van der Waals surface area contributed by atoms with E-state index in [2.05, 4.69) is 44.6 Å².